The maximum atomic E-state index is 10.9. The Balaban J connectivity index is 2.30. The highest BCUT2D eigenvalue weighted by Gasteiger charge is 2.01. The van der Waals surface area contributed by atoms with Gasteiger partial charge in [0.15, 0.2) is 0 Å². The summed E-state index contributed by atoms with van der Waals surface area (Å²) < 4.78 is 0. The van der Waals surface area contributed by atoms with Crippen LogP contribution in [-0.4, -0.2) is 5.91 Å². The molecule has 2 aromatic rings. The standard InChI is InChI=1S/C14H13NOS/c1-10(16)15-12-8-6-11(7-9-12)13-4-2-3-5-14(13)17/h2-9,17H,1H3,(H,15,16). The van der Waals surface area contributed by atoms with Crippen molar-refractivity contribution in [1.82, 2.24) is 0 Å². The Bertz CT molecular complexity index is 534. The number of thiol groups is 1. The van der Waals surface area contributed by atoms with E-state index < -0.39 is 0 Å². The van der Waals surface area contributed by atoms with Crippen LogP contribution in [0.3, 0.4) is 0 Å². The van der Waals surface area contributed by atoms with Crippen molar-refractivity contribution >= 4 is 24.2 Å². The van der Waals surface area contributed by atoms with E-state index in [2.05, 4.69) is 17.9 Å². The van der Waals surface area contributed by atoms with Crippen LogP contribution in [0.5, 0.6) is 0 Å². The molecular formula is C14H13NOS. The van der Waals surface area contributed by atoms with Gasteiger partial charge in [0.1, 0.15) is 0 Å². The molecule has 0 bridgehead atoms. The number of carbonyl (C=O) groups excluding carboxylic acids is 1. The minimum atomic E-state index is -0.0626. The molecule has 0 spiro atoms. The molecule has 86 valence electrons. The summed E-state index contributed by atoms with van der Waals surface area (Å²) in [6.45, 7) is 1.50. The monoisotopic (exact) mass is 243 g/mol. The van der Waals surface area contributed by atoms with Gasteiger partial charge in [0.05, 0.1) is 0 Å². The van der Waals surface area contributed by atoms with Crippen LogP contribution >= 0.6 is 12.6 Å². The zero-order valence-electron chi connectivity index (χ0n) is 9.47. The Morgan fingerprint density at radius 3 is 2.29 bits per heavy atom. The fourth-order valence-corrected chi connectivity index (χ4v) is 1.94. The maximum Gasteiger partial charge on any atom is 0.221 e. The van der Waals surface area contributed by atoms with E-state index in [1.165, 1.54) is 6.92 Å². The normalized spacial score (nSPS) is 10.0. The van der Waals surface area contributed by atoms with Crippen LogP contribution in [-0.2, 0) is 4.79 Å². The molecule has 1 amide bonds. The molecule has 0 aliphatic rings. The largest absolute Gasteiger partial charge is 0.326 e. The van der Waals surface area contributed by atoms with Crippen LogP contribution in [0.2, 0.25) is 0 Å². The van der Waals surface area contributed by atoms with Crippen molar-refractivity contribution in [2.24, 2.45) is 0 Å². The molecule has 0 radical (unpaired) electrons. The predicted molar refractivity (Wildman–Crippen MR) is 73.4 cm³/mol. The van der Waals surface area contributed by atoms with Crippen molar-refractivity contribution in [3.63, 3.8) is 0 Å². The van der Waals surface area contributed by atoms with Crippen LogP contribution in [0.15, 0.2) is 53.4 Å². The Hall–Kier alpha value is -1.74. The van der Waals surface area contributed by atoms with Crippen molar-refractivity contribution in [1.29, 1.82) is 0 Å². The summed E-state index contributed by atoms with van der Waals surface area (Å²) in [5.41, 5.74) is 2.98. The predicted octanol–water partition coefficient (Wildman–Crippen LogP) is 3.60. The zero-order chi connectivity index (χ0) is 12.3. The fraction of sp³-hybridized carbons (Fsp3) is 0.0714. The lowest BCUT2D eigenvalue weighted by Gasteiger charge is -2.06. The Morgan fingerprint density at radius 1 is 1.06 bits per heavy atom. The Kier molecular flexibility index (Phi) is 3.49. The quantitative estimate of drug-likeness (QED) is 0.775. The van der Waals surface area contributed by atoms with E-state index in [0.717, 1.165) is 21.7 Å². The highest BCUT2D eigenvalue weighted by molar-refractivity contribution is 7.80. The first-order valence-electron chi connectivity index (χ1n) is 5.33. The molecule has 17 heavy (non-hydrogen) atoms. The third kappa shape index (κ3) is 2.88. The summed E-state index contributed by atoms with van der Waals surface area (Å²) in [5, 5.41) is 2.74. The lowest BCUT2D eigenvalue weighted by atomic mass is 10.1. The van der Waals surface area contributed by atoms with Gasteiger partial charge in [-0.1, -0.05) is 30.3 Å². The van der Waals surface area contributed by atoms with Gasteiger partial charge in [0, 0.05) is 17.5 Å². The number of benzene rings is 2. The Labute approximate surface area is 106 Å². The van der Waals surface area contributed by atoms with Gasteiger partial charge in [0.2, 0.25) is 5.91 Å². The lowest BCUT2D eigenvalue weighted by molar-refractivity contribution is -0.114. The molecule has 0 aromatic heterocycles. The topological polar surface area (TPSA) is 29.1 Å². The first-order valence-corrected chi connectivity index (χ1v) is 5.77. The molecule has 1 N–H and O–H groups in total. The van der Waals surface area contributed by atoms with Crippen molar-refractivity contribution in [3.8, 4) is 11.1 Å². The summed E-state index contributed by atoms with van der Waals surface area (Å²) in [7, 11) is 0. The lowest BCUT2D eigenvalue weighted by Crippen LogP contribution is -2.05. The number of amides is 1. The molecule has 0 fully saturated rings. The maximum absolute atomic E-state index is 10.9. The van der Waals surface area contributed by atoms with E-state index in [1.54, 1.807) is 0 Å². The van der Waals surface area contributed by atoms with E-state index in [1.807, 2.05) is 48.5 Å². The molecule has 0 aliphatic carbocycles. The molecule has 2 nitrogen and oxygen atoms in total. The van der Waals surface area contributed by atoms with E-state index in [-0.39, 0.29) is 5.91 Å². The average molecular weight is 243 g/mol. The highest BCUT2D eigenvalue weighted by Crippen LogP contribution is 2.27. The second-order valence-corrected chi connectivity index (χ2v) is 4.26. The number of rotatable bonds is 2. The van der Waals surface area contributed by atoms with Gasteiger partial charge in [-0.2, -0.15) is 0 Å². The van der Waals surface area contributed by atoms with E-state index >= 15 is 0 Å². The van der Waals surface area contributed by atoms with Crippen LogP contribution in [0.25, 0.3) is 11.1 Å². The molecule has 3 heteroatoms. The van der Waals surface area contributed by atoms with Gasteiger partial charge >= 0.3 is 0 Å². The second-order valence-electron chi connectivity index (χ2n) is 3.78. The van der Waals surface area contributed by atoms with Crippen LogP contribution in [0, 0.1) is 0 Å². The third-order valence-corrected chi connectivity index (χ3v) is 2.81. The number of nitrogens with one attached hydrogen (secondary N) is 1. The van der Waals surface area contributed by atoms with E-state index in [0.29, 0.717) is 0 Å². The third-order valence-electron chi connectivity index (χ3n) is 2.42. The molecule has 0 saturated carbocycles. The smallest absolute Gasteiger partial charge is 0.221 e. The Morgan fingerprint density at radius 2 is 1.71 bits per heavy atom. The molecule has 2 rings (SSSR count). The van der Waals surface area contributed by atoms with Crippen molar-refractivity contribution < 1.29 is 4.79 Å². The van der Waals surface area contributed by atoms with Gasteiger partial charge in [-0.15, -0.1) is 12.6 Å². The van der Waals surface area contributed by atoms with Gasteiger partial charge in [0.25, 0.3) is 0 Å². The van der Waals surface area contributed by atoms with E-state index in [4.69, 9.17) is 0 Å². The summed E-state index contributed by atoms with van der Waals surface area (Å²) in [5.74, 6) is -0.0626. The number of hydrogen-bond donors (Lipinski definition) is 2. The SMILES string of the molecule is CC(=O)Nc1ccc(-c2ccccc2S)cc1. The number of anilines is 1. The molecule has 0 aliphatic heterocycles. The molecule has 0 atom stereocenters. The summed E-state index contributed by atoms with van der Waals surface area (Å²) in [6, 6.07) is 15.6. The summed E-state index contributed by atoms with van der Waals surface area (Å²) in [6.07, 6.45) is 0. The summed E-state index contributed by atoms with van der Waals surface area (Å²) >= 11 is 4.42. The first-order chi connectivity index (χ1) is 8.16. The highest BCUT2D eigenvalue weighted by atomic mass is 32.1. The zero-order valence-corrected chi connectivity index (χ0v) is 10.4. The van der Waals surface area contributed by atoms with Crippen LogP contribution < -0.4 is 5.32 Å². The minimum absolute atomic E-state index is 0.0626. The van der Waals surface area contributed by atoms with E-state index in [9.17, 15) is 4.79 Å². The minimum Gasteiger partial charge on any atom is -0.326 e. The first kappa shape index (κ1) is 11.7. The second kappa shape index (κ2) is 5.06. The molecular weight excluding hydrogens is 230 g/mol. The van der Waals surface area contributed by atoms with Crippen molar-refractivity contribution in [2.45, 2.75) is 11.8 Å². The number of hydrogen-bond acceptors (Lipinski definition) is 2. The molecule has 2 aromatic carbocycles. The molecule has 0 heterocycles. The van der Waals surface area contributed by atoms with Crippen molar-refractivity contribution in [3.05, 3.63) is 48.5 Å². The van der Waals surface area contributed by atoms with Gasteiger partial charge in [-0.25, -0.2) is 0 Å². The number of carbonyl (C=O) groups is 1. The summed E-state index contributed by atoms with van der Waals surface area (Å²) in [4.78, 5) is 11.8. The average Bonchev–Trinajstić information content (AvgIpc) is 2.30. The van der Waals surface area contributed by atoms with Gasteiger partial charge < -0.3 is 5.32 Å². The van der Waals surface area contributed by atoms with Gasteiger partial charge in [-0.3, -0.25) is 4.79 Å². The van der Waals surface area contributed by atoms with Crippen LogP contribution in [0.4, 0.5) is 5.69 Å². The molecule has 0 unspecified atom stereocenters. The fourth-order valence-electron chi connectivity index (χ4n) is 1.65. The molecule has 0 saturated heterocycles. The van der Waals surface area contributed by atoms with Gasteiger partial charge in [-0.05, 0) is 29.3 Å². The van der Waals surface area contributed by atoms with Crippen molar-refractivity contribution in [2.75, 3.05) is 5.32 Å². The van der Waals surface area contributed by atoms with Crippen LogP contribution in [0.1, 0.15) is 6.92 Å².